The number of aromatic nitrogens is 1. The fourth-order valence-electron chi connectivity index (χ4n) is 0.543. The predicted molar refractivity (Wildman–Crippen MR) is 41.1 cm³/mol. The zero-order valence-corrected chi connectivity index (χ0v) is 5.98. The van der Waals surface area contributed by atoms with Gasteiger partial charge in [-0.2, -0.15) is 4.37 Å². The van der Waals surface area contributed by atoms with E-state index in [-0.39, 0.29) is 0 Å². The molecule has 0 aliphatic rings. The zero-order chi connectivity index (χ0) is 6.85. The maximum atomic E-state index is 5.35. The van der Waals surface area contributed by atoms with E-state index in [0.29, 0.717) is 0 Å². The van der Waals surface area contributed by atoms with Crippen LogP contribution in [0.3, 0.4) is 0 Å². The summed E-state index contributed by atoms with van der Waals surface area (Å²) in [5, 5.41) is 0. The molecule has 0 unspecified atom stereocenters. The molecule has 4 heteroatoms. The van der Waals surface area contributed by atoms with Crippen LogP contribution in [0.5, 0.6) is 0 Å². The zero-order valence-electron chi connectivity index (χ0n) is 5.16. The molecule has 0 saturated heterocycles. The van der Waals surface area contributed by atoms with Gasteiger partial charge in [0.15, 0.2) is 0 Å². The second kappa shape index (κ2) is 2.56. The van der Waals surface area contributed by atoms with Crippen LogP contribution in [0.2, 0.25) is 0 Å². The van der Waals surface area contributed by atoms with Crippen molar-refractivity contribution in [2.75, 3.05) is 0 Å². The minimum absolute atomic E-state index is 0.421. The van der Waals surface area contributed by atoms with Gasteiger partial charge in [0.2, 0.25) is 0 Å². The van der Waals surface area contributed by atoms with E-state index in [1.54, 1.807) is 0 Å². The summed E-state index contributed by atoms with van der Waals surface area (Å²) in [6.45, 7) is 1.98. The van der Waals surface area contributed by atoms with E-state index in [0.717, 1.165) is 10.6 Å². The lowest BCUT2D eigenvalue weighted by Crippen LogP contribution is -1.95. The molecule has 0 bridgehead atoms. The van der Waals surface area contributed by atoms with Crippen LogP contribution in [0.1, 0.15) is 16.3 Å². The molecule has 0 fully saturated rings. The first-order valence-corrected chi connectivity index (χ1v) is 3.42. The molecular weight excluding hydrogens is 128 g/mol. The molecule has 0 aliphatic carbocycles. The minimum Gasteiger partial charge on any atom is -0.199 e. The monoisotopic (exact) mass is 133 g/mol. The Hall–Kier alpha value is -0.240. The molecule has 0 aromatic carbocycles. The Balaban J connectivity index is 2.85. The van der Waals surface area contributed by atoms with Crippen molar-refractivity contribution >= 4 is 27.2 Å². The van der Waals surface area contributed by atoms with Crippen molar-refractivity contribution in [3.8, 4) is 0 Å². The standard InChI is InChI=1S/C5H5B2NS/c1-3-2-4(5(6)7)8-9-3/h2,5H,1H3. The van der Waals surface area contributed by atoms with Gasteiger partial charge in [0.1, 0.15) is 0 Å². The summed E-state index contributed by atoms with van der Waals surface area (Å²) < 4.78 is 4.01. The molecule has 0 atom stereocenters. The third kappa shape index (κ3) is 1.58. The van der Waals surface area contributed by atoms with Crippen LogP contribution in [-0.4, -0.2) is 20.1 Å². The average molecular weight is 133 g/mol. The molecule has 1 nitrogen and oxygen atoms in total. The summed E-state index contributed by atoms with van der Waals surface area (Å²) >= 11 is 1.42. The molecule has 0 saturated carbocycles. The predicted octanol–water partition coefficient (Wildman–Crippen LogP) is 0.787. The molecular formula is C5H5B2NS. The van der Waals surface area contributed by atoms with E-state index in [1.165, 1.54) is 11.5 Å². The van der Waals surface area contributed by atoms with Gasteiger partial charge in [-0.25, -0.2) is 0 Å². The van der Waals surface area contributed by atoms with E-state index in [4.69, 9.17) is 15.7 Å². The van der Waals surface area contributed by atoms with Gasteiger partial charge in [-0.3, -0.25) is 0 Å². The second-order valence-corrected chi connectivity index (χ2v) is 2.90. The first-order chi connectivity index (χ1) is 4.20. The highest BCUT2D eigenvalue weighted by molar-refractivity contribution is 7.05. The van der Waals surface area contributed by atoms with Crippen molar-refractivity contribution in [3.05, 3.63) is 16.6 Å². The molecule has 1 rings (SSSR count). The largest absolute Gasteiger partial charge is 0.199 e. The molecule has 1 aromatic heterocycles. The molecule has 1 aromatic rings. The Bertz CT molecular complexity index is 197. The van der Waals surface area contributed by atoms with Crippen molar-refractivity contribution in [1.29, 1.82) is 0 Å². The maximum Gasteiger partial charge on any atom is 0.0658 e. The van der Waals surface area contributed by atoms with Crippen molar-refractivity contribution in [2.45, 2.75) is 12.6 Å². The Morgan fingerprint density at radius 3 is 2.56 bits per heavy atom. The topological polar surface area (TPSA) is 12.9 Å². The maximum absolute atomic E-state index is 5.35. The molecule has 9 heavy (non-hydrogen) atoms. The van der Waals surface area contributed by atoms with E-state index < -0.39 is 5.72 Å². The quantitative estimate of drug-likeness (QED) is 0.515. The van der Waals surface area contributed by atoms with Crippen LogP contribution in [0.15, 0.2) is 6.07 Å². The summed E-state index contributed by atoms with van der Waals surface area (Å²) in [4.78, 5) is 1.14. The lowest BCUT2D eigenvalue weighted by atomic mass is 9.69. The van der Waals surface area contributed by atoms with Gasteiger partial charge >= 0.3 is 0 Å². The summed E-state index contributed by atoms with van der Waals surface area (Å²) in [6, 6.07) is 1.90. The van der Waals surface area contributed by atoms with Gasteiger partial charge in [-0.1, -0.05) is 5.72 Å². The van der Waals surface area contributed by atoms with Crippen LogP contribution < -0.4 is 0 Å². The lowest BCUT2D eigenvalue weighted by molar-refractivity contribution is 1.24. The summed E-state index contributed by atoms with van der Waals surface area (Å²) in [5.74, 6) is 0. The first kappa shape index (κ1) is 6.87. The summed E-state index contributed by atoms with van der Waals surface area (Å²) in [6.07, 6.45) is 0. The van der Waals surface area contributed by atoms with Crippen LogP contribution in [0.25, 0.3) is 0 Å². The molecule has 4 radical (unpaired) electrons. The number of hydrogen-bond donors (Lipinski definition) is 0. The Labute approximate surface area is 61.5 Å². The number of rotatable bonds is 1. The fraction of sp³-hybridized carbons (Fsp3) is 0.400. The molecule has 42 valence electrons. The third-order valence-electron chi connectivity index (χ3n) is 0.988. The normalized spacial score (nSPS) is 10.4. The first-order valence-electron chi connectivity index (χ1n) is 2.64. The number of hydrogen-bond acceptors (Lipinski definition) is 2. The van der Waals surface area contributed by atoms with Crippen molar-refractivity contribution in [2.24, 2.45) is 0 Å². The third-order valence-corrected chi connectivity index (χ3v) is 1.70. The number of aryl methyl sites for hydroxylation is 1. The van der Waals surface area contributed by atoms with Gasteiger partial charge in [0, 0.05) is 10.6 Å². The van der Waals surface area contributed by atoms with Gasteiger partial charge in [0.25, 0.3) is 0 Å². The van der Waals surface area contributed by atoms with Gasteiger partial charge in [-0.05, 0) is 24.5 Å². The van der Waals surface area contributed by atoms with Gasteiger partial charge < -0.3 is 0 Å². The van der Waals surface area contributed by atoms with Crippen LogP contribution >= 0.6 is 11.5 Å². The summed E-state index contributed by atoms with van der Waals surface area (Å²) in [7, 11) is 10.7. The molecule has 0 spiro atoms. The smallest absolute Gasteiger partial charge is 0.0658 e. The lowest BCUT2D eigenvalue weighted by Gasteiger charge is -1.95. The van der Waals surface area contributed by atoms with Crippen LogP contribution in [0.4, 0.5) is 0 Å². The molecule has 0 N–H and O–H groups in total. The van der Waals surface area contributed by atoms with Crippen molar-refractivity contribution in [1.82, 2.24) is 4.37 Å². The SMILES string of the molecule is [B]C([B])c1cc(C)sn1. The Morgan fingerprint density at radius 1 is 1.67 bits per heavy atom. The minimum atomic E-state index is -0.421. The van der Waals surface area contributed by atoms with Crippen molar-refractivity contribution in [3.63, 3.8) is 0 Å². The second-order valence-electron chi connectivity index (χ2n) is 1.89. The Kier molecular flexibility index (Phi) is 1.96. The fourth-order valence-corrected chi connectivity index (χ4v) is 1.14. The average Bonchev–Trinajstić information content (AvgIpc) is 2.14. The molecule has 1 heterocycles. The van der Waals surface area contributed by atoms with Crippen LogP contribution in [-0.2, 0) is 0 Å². The van der Waals surface area contributed by atoms with Crippen LogP contribution in [0, 0.1) is 6.92 Å². The van der Waals surface area contributed by atoms with E-state index in [9.17, 15) is 0 Å². The number of nitrogens with zero attached hydrogens (tertiary/aromatic N) is 1. The van der Waals surface area contributed by atoms with Gasteiger partial charge in [0.05, 0.1) is 15.7 Å². The highest BCUT2D eigenvalue weighted by Crippen LogP contribution is 2.12. The van der Waals surface area contributed by atoms with E-state index in [2.05, 4.69) is 4.37 Å². The van der Waals surface area contributed by atoms with E-state index >= 15 is 0 Å². The summed E-state index contributed by atoms with van der Waals surface area (Å²) in [5.41, 5.74) is 0.354. The Morgan fingerprint density at radius 2 is 2.33 bits per heavy atom. The van der Waals surface area contributed by atoms with E-state index in [1.807, 2.05) is 13.0 Å². The highest BCUT2D eigenvalue weighted by Gasteiger charge is 2.00. The molecule has 0 aliphatic heterocycles. The highest BCUT2D eigenvalue weighted by atomic mass is 32.1. The molecule has 0 amide bonds. The van der Waals surface area contributed by atoms with Crippen molar-refractivity contribution < 1.29 is 0 Å². The van der Waals surface area contributed by atoms with Gasteiger partial charge in [-0.15, -0.1) is 0 Å².